The molecule has 0 N–H and O–H groups in total. The molecule has 0 saturated carbocycles. The predicted octanol–water partition coefficient (Wildman–Crippen LogP) is 4.64. The summed E-state index contributed by atoms with van der Waals surface area (Å²) in [6.07, 6.45) is 3.24. The normalized spacial score (nSPS) is 14.5. The number of nitriles is 1. The largest absolute Gasteiger partial charge is 0.459 e. The zero-order valence-corrected chi connectivity index (χ0v) is 16.6. The Kier molecular flexibility index (Phi) is 6.92. The zero-order valence-electron chi connectivity index (χ0n) is 16.6. The van der Waals surface area contributed by atoms with E-state index in [2.05, 4.69) is 6.07 Å². The van der Waals surface area contributed by atoms with E-state index < -0.39 is 17.0 Å². The molecule has 1 aromatic rings. The van der Waals surface area contributed by atoms with E-state index in [1.54, 1.807) is 20.8 Å². The lowest BCUT2D eigenvalue weighted by Gasteiger charge is -2.27. The topological polar surface area (TPSA) is 67.2 Å². The van der Waals surface area contributed by atoms with Crippen molar-refractivity contribution in [3.63, 3.8) is 0 Å². The molecule has 0 spiro atoms. The minimum absolute atomic E-state index is 0.117. The van der Waals surface area contributed by atoms with Crippen LogP contribution in [0.2, 0.25) is 0 Å². The van der Waals surface area contributed by atoms with Crippen LogP contribution in [0.4, 0.5) is 0 Å². The van der Waals surface area contributed by atoms with Crippen molar-refractivity contribution >= 4 is 11.8 Å². The Balaban J connectivity index is 3.20. The van der Waals surface area contributed by atoms with Crippen LogP contribution < -0.4 is 0 Å². The van der Waals surface area contributed by atoms with E-state index in [-0.39, 0.29) is 17.6 Å². The van der Waals surface area contributed by atoms with Crippen molar-refractivity contribution in [2.24, 2.45) is 10.8 Å². The maximum absolute atomic E-state index is 12.8. The molecule has 0 bridgehead atoms. The van der Waals surface area contributed by atoms with Gasteiger partial charge in [0, 0.05) is 12.8 Å². The summed E-state index contributed by atoms with van der Waals surface area (Å²) >= 11 is 0. The highest BCUT2D eigenvalue weighted by Gasteiger charge is 2.40. The summed E-state index contributed by atoms with van der Waals surface area (Å²) in [5.74, 6) is -0.759. The fourth-order valence-corrected chi connectivity index (χ4v) is 2.43. The molecule has 4 heteroatoms. The molecule has 0 aliphatic rings. The Morgan fingerprint density at radius 3 is 2.12 bits per heavy atom. The van der Waals surface area contributed by atoms with Crippen LogP contribution in [0, 0.1) is 22.2 Å². The Morgan fingerprint density at radius 2 is 1.65 bits per heavy atom. The molecule has 26 heavy (non-hydrogen) atoms. The van der Waals surface area contributed by atoms with Crippen LogP contribution in [0.3, 0.4) is 0 Å². The Labute approximate surface area is 156 Å². The van der Waals surface area contributed by atoms with Crippen LogP contribution in [0.1, 0.15) is 53.5 Å². The first-order valence-corrected chi connectivity index (χ1v) is 8.78. The first kappa shape index (κ1) is 21.6. The zero-order chi connectivity index (χ0) is 20.0. The lowest BCUT2D eigenvalue weighted by atomic mass is 9.81. The minimum Gasteiger partial charge on any atom is -0.459 e. The predicted molar refractivity (Wildman–Crippen MR) is 102 cm³/mol. The fourth-order valence-electron chi connectivity index (χ4n) is 2.43. The second kappa shape index (κ2) is 8.31. The van der Waals surface area contributed by atoms with Crippen molar-refractivity contribution in [2.75, 3.05) is 0 Å². The van der Waals surface area contributed by atoms with E-state index >= 15 is 0 Å². The molecule has 0 aliphatic carbocycles. The molecule has 0 saturated heterocycles. The number of hydrogen-bond acceptors (Lipinski definition) is 4. The summed E-state index contributed by atoms with van der Waals surface area (Å²) in [6.45, 7) is 11.2. The van der Waals surface area contributed by atoms with Crippen LogP contribution in [0.5, 0.6) is 0 Å². The summed E-state index contributed by atoms with van der Waals surface area (Å²) < 4.78 is 5.48. The summed E-state index contributed by atoms with van der Waals surface area (Å²) in [4.78, 5) is 25.0. The average molecular weight is 355 g/mol. The second-order valence-electron chi connectivity index (χ2n) is 8.78. The molecule has 0 fully saturated rings. The van der Waals surface area contributed by atoms with E-state index in [0.29, 0.717) is 6.42 Å². The van der Waals surface area contributed by atoms with Gasteiger partial charge in [-0.2, -0.15) is 5.26 Å². The van der Waals surface area contributed by atoms with E-state index in [1.165, 1.54) is 12.2 Å². The van der Waals surface area contributed by atoms with Crippen molar-refractivity contribution in [1.82, 2.24) is 0 Å². The van der Waals surface area contributed by atoms with Crippen molar-refractivity contribution in [3.05, 3.63) is 48.0 Å². The summed E-state index contributed by atoms with van der Waals surface area (Å²) in [5.41, 5.74) is -1.60. The Bertz CT molecular complexity index is 700. The van der Waals surface area contributed by atoms with Crippen molar-refractivity contribution in [2.45, 2.75) is 60.0 Å². The number of benzene rings is 1. The van der Waals surface area contributed by atoms with E-state index in [9.17, 15) is 14.9 Å². The molecular weight excluding hydrogens is 326 g/mol. The molecule has 4 nitrogen and oxygen atoms in total. The minimum atomic E-state index is -1.54. The molecule has 0 aromatic heterocycles. The van der Waals surface area contributed by atoms with Crippen molar-refractivity contribution in [1.29, 1.82) is 5.26 Å². The lowest BCUT2D eigenvalue weighted by molar-refractivity contribution is -0.161. The highest BCUT2D eigenvalue weighted by molar-refractivity contribution is 5.92. The number of allylic oxidation sites excluding steroid dienone is 1. The lowest BCUT2D eigenvalue weighted by Crippen LogP contribution is -2.37. The molecule has 0 amide bonds. The fraction of sp³-hybridized carbons (Fsp3) is 0.500. The monoisotopic (exact) mass is 355 g/mol. The van der Waals surface area contributed by atoms with Gasteiger partial charge in [0.25, 0.3) is 0 Å². The van der Waals surface area contributed by atoms with Gasteiger partial charge in [-0.1, -0.05) is 51.1 Å². The van der Waals surface area contributed by atoms with Gasteiger partial charge < -0.3 is 4.74 Å². The van der Waals surface area contributed by atoms with Crippen LogP contribution in [0.15, 0.2) is 42.5 Å². The first-order chi connectivity index (χ1) is 11.9. The number of ether oxygens (including phenoxy) is 1. The number of ketones is 1. The highest BCUT2D eigenvalue weighted by atomic mass is 16.6. The Hall–Kier alpha value is -2.41. The number of esters is 1. The van der Waals surface area contributed by atoms with E-state index in [0.717, 1.165) is 5.56 Å². The van der Waals surface area contributed by atoms with E-state index in [1.807, 2.05) is 51.1 Å². The van der Waals surface area contributed by atoms with Gasteiger partial charge in [0.2, 0.25) is 0 Å². The average Bonchev–Trinajstić information content (AvgIpc) is 2.49. The summed E-state index contributed by atoms with van der Waals surface area (Å²) in [7, 11) is 0. The SMILES string of the molecule is CC(C)(C)CC(=O)/C=C\[C@](C#N)(Cc1ccccc1)C(=O)OC(C)(C)C. The van der Waals surface area contributed by atoms with E-state index in [4.69, 9.17) is 4.74 Å². The third-order valence-electron chi connectivity index (χ3n) is 3.55. The molecule has 0 heterocycles. The molecule has 1 aromatic carbocycles. The van der Waals surface area contributed by atoms with Gasteiger partial charge >= 0.3 is 5.97 Å². The number of rotatable bonds is 6. The molecule has 140 valence electrons. The third kappa shape index (κ3) is 7.23. The Morgan fingerprint density at radius 1 is 1.08 bits per heavy atom. The summed E-state index contributed by atoms with van der Waals surface area (Å²) in [5, 5.41) is 9.84. The second-order valence-corrected chi connectivity index (χ2v) is 8.78. The highest BCUT2D eigenvalue weighted by Crippen LogP contribution is 2.29. The number of carbonyl (C=O) groups is 2. The quantitative estimate of drug-likeness (QED) is 0.550. The van der Waals surface area contributed by atoms with Crippen molar-refractivity contribution < 1.29 is 14.3 Å². The van der Waals surface area contributed by atoms with Crippen molar-refractivity contribution in [3.8, 4) is 6.07 Å². The molecule has 0 aliphatic heterocycles. The number of hydrogen-bond donors (Lipinski definition) is 0. The van der Waals surface area contributed by atoms with Gasteiger partial charge in [-0.25, -0.2) is 4.79 Å². The molecular formula is C22H29NO3. The summed E-state index contributed by atoms with van der Waals surface area (Å²) in [6, 6.07) is 11.4. The van der Waals surface area contributed by atoms with Gasteiger partial charge in [0.05, 0.1) is 6.07 Å². The van der Waals surface area contributed by atoms with Gasteiger partial charge in [-0.05, 0) is 43.9 Å². The van der Waals surface area contributed by atoms with Crippen LogP contribution in [-0.4, -0.2) is 17.4 Å². The number of nitrogens with zero attached hydrogens (tertiary/aromatic N) is 1. The van der Waals surface area contributed by atoms with Gasteiger partial charge in [0.15, 0.2) is 11.2 Å². The third-order valence-corrected chi connectivity index (χ3v) is 3.55. The van der Waals surface area contributed by atoms with Gasteiger partial charge in [-0.15, -0.1) is 0 Å². The maximum Gasteiger partial charge on any atom is 0.331 e. The maximum atomic E-state index is 12.8. The van der Waals surface area contributed by atoms with Crippen LogP contribution in [0.25, 0.3) is 0 Å². The molecule has 0 unspecified atom stereocenters. The molecule has 1 atom stereocenters. The van der Waals surface area contributed by atoms with Gasteiger partial charge in [0.1, 0.15) is 5.60 Å². The van der Waals surface area contributed by atoms with Crippen LogP contribution in [-0.2, 0) is 20.7 Å². The standard InChI is InChI=1S/C22H29NO3/c1-20(2,3)15-18(24)12-13-22(16-23,19(25)26-21(4,5)6)14-17-10-8-7-9-11-17/h7-13H,14-15H2,1-6H3/b13-12-/t22-/m1/s1. The number of carbonyl (C=O) groups excluding carboxylic acids is 2. The molecule has 1 rings (SSSR count). The van der Waals surface area contributed by atoms with Gasteiger partial charge in [-0.3, -0.25) is 4.79 Å². The molecule has 0 radical (unpaired) electrons. The van der Waals surface area contributed by atoms with Crippen LogP contribution >= 0.6 is 0 Å². The smallest absolute Gasteiger partial charge is 0.331 e. The first-order valence-electron chi connectivity index (χ1n) is 8.78.